The Hall–Kier alpha value is -2.34. The lowest BCUT2D eigenvalue weighted by molar-refractivity contribution is -0.141. The third-order valence-electron chi connectivity index (χ3n) is 3.58. The first-order valence-corrected chi connectivity index (χ1v) is 9.20. The molecule has 0 aliphatic heterocycles. The highest BCUT2D eigenvalue weighted by molar-refractivity contribution is 7.99. The predicted molar refractivity (Wildman–Crippen MR) is 98.9 cm³/mol. The van der Waals surface area contributed by atoms with E-state index in [0.717, 1.165) is 11.3 Å². The van der Waals surface area contributed by atoms with E-state index in [1.807, 2.05) is 48.5 Å². The zero-order valence-electron chi connectivity index (χ0n) is 14.3. The fraction of sp³-hybridized carbons (Fsp3) is 0.316. The molecule has 1 heterocycles. The first-order valence-electron chi connectivity index (χ1n) is 8.05. The van der Waals surface area contributed by atoms with Crippen LogP contribution < -0.4 is 0 Å². The molecule has 0 saturated heterocycles. The van der Waals surface area contributed by atoms with Crippen LogP contribution in [-0.4, -0.2) is 41.2 Å². The first kappa shape index (κ1) is 19.0. The van der Waals surface area contributed by atoms with Gasteiger partial charge in [0, 0.05) is 25.0 Å². The summed E-state index contributed by atoms with van der Waals surface area (Å²) < 4.78 is 4.68. The van der Waals surface area contributed by atoms with Gasteiger partial charge in [0.15, 0.2) is 0 Å². The average molecular weight is 358 g/mol. The van der Waals surface area contributed by atoms with E-state index in [9.17, 15) is 9.59 Å². The number of nitrogens with zero attached hydrogens (tertiary/aromatic N) is 2. The highest BCUT2D eigenvalue weighted by atomic mass is 32.2. The number of ether oxygens (including phenoxy) is 1. The van der Waals surface area contributed by atoms with Crippen LogP contribution in [-0.2, 0) is 26.6 Å². The Labute approximate surface area is 152 Å². The summed E-state index contributed by atoms with van der Waals surface area (Å²) in [7, 11) is 1.36. The van der Waals surface area contributed by atoms with Crippen molar-refractivity contribution in [2.24, 2.45) is 0 Å². The van der Waals surface area contributed by atoms with Gasteiger partial charge in [-0.25, -0.2) is 0 Å². The van der Waals surface area contributed by atoms with Crippen molar-refractivity contribution in [3.8, 4) is 0 Å². The van der Waals surface area contributed by atoms with Crippen molar-refractivity contribution in [2.45, 2.75) is 18.7 Å². The maximum Gasteiger partial charge on any atom is 0.307 e. The Morgan fingerprint density at radius 1 is 1.12 bits per heavy atom. The third-order valence-corrected chi connectivity index (χ3v) is 4.54. The molecule has 0 spiro atoms. The lowest BCUT2D eigenvalue weighted by Crippen LogP contribution is -2.34. The molecule has 1 aromatic heterocycles. The molecule has 0 saturated carbocycles. The topological polar surface area (TPSA) is 59.5 Å². The minimum atomic E-state index is -0.313. The second-order valence-corrected chi connectivity index (χ2v) is 6.43. The monoisotopic (exact) mass is 358 g/mol. The van der Waals surface area contributed by atoms with Gasteiger partial charge >= 0.3 is 5.97 Å². The number of aromatic nitrogens is 1. The molecule has 2 rings (SSSR count). The summed E-state index contributed by atoms with van der Waals surface area (Å²) >= 11 is 1.52. The molecule has 2 aromatic rings. The van der Waals surface area contributed by atoms with Crippen molar-refractivity contribution in [1.82, 2.24) is 9.88 Å². The second-order valence-electron chi connectivity index (χ2n) is 5.44. The summed E-state index contributed by atoms with van der Waals surface area (Å²) in [6.07, 6.45) is 1.94. The van der Waals surface area contributed by atoms with Gasteiger partial charge < -0.3 is 9.64 Å². The largest absolute Gasteiger partial charge is 0.469 e. The lowest BCUT2D eigenvalue weighted by Gasteiger charge is -2.22. The molecule has 0 fully saturated rings. The van der Waals surface area contributed by atoms with E-state index >= 15 is 0 Å². The van der Waals surface area contributed by atoms with Gasteiger partial charge in [-0.3, -0.25) is 14.6 Å². The second kappa shape index (κ2) is 10.5. The molecular formula is C19H22N2O3S. The van der Waals surface area contributed by atoms with E-state index in [4.69, 9.17) is 0 Å². The minimum Gasteiger partial charge on any atom is -0.469 e. The fourth-order valence-electron chi connectivity index (χ4n) is 2.24. The van der Waals surface area contributed by atoms with Gasteiger partial charge in [0.2, 0.25) is 5.91 Å². The van der Waals surface area contributed by atoms with Crippen LogP contribution in [0.2, 0.25) is 0 Å². The molecule has 0 bridgehead atoms. The molecule has 1 aromatic carbocycles. The van der Waals surface area contributed by atoms with E-state index in [1.165, 1.54) is 18.9 Å². The van der Waals surface area contributed by atoms with E-state index in [1.54, 1.807) is 11.1 Å². The van der Waals surface area contributed by atoms with E-state index < -0.39 is 0 Å². The molecular weight excluding hydrogens is 336 g/mol. The number of hydrogen-bond donors (Lipinski definition) is 0. The molecule has 0 aliphatic carbocycles. The molecule has 0 N–H and O–H groups in total. The van der Waals surface area contributed by atoms with Gasteiger partial charge in [-0.1, -0.05) is 36.4 Å². The maximum atomic E-state index is 12.6. The van der Waals surface area contributed by atoms with E-state index in [0.29, 0.717) is 24.6 Å². The number of pyridine rings is 1. The van der Waals surface area contributed by atoms with Crippen molar-refractivity contribution < 1.29 is 14.3 Å². The van der Waals surface area contributed by atoms with Crippen molar-refractivity contribution in [3.05, 3.63) is 66.0 Å². The number of esters is 1. The van der Waals surface area contributed by atoms with Gasteiger partial charge in [0.1, 0.15) is 0 Å². The van der Waals surface area contributed by atoms with Crippen molar-refractivity contribution in [1.29, 1.82) is 0 Å². The van der Waals surface area contributed by atoms with Gasteiger partial charge in [-0.05, 0) is 17.7 Å². The summed E-state index contributed by atoms with van der Waals surface area (Å²) in [5.41, 5.74) is 1.99. The molecule has 0 radical (unpaired) electrons. The van der Waals surface area contributed by atoms with Crippen molar-refractivity contribution in [3.63, 3.8) is 0 Å². The number of methoxy groups -OCH3 is 1. The summed E-state index contributed by atoms with van der Waals surface area (Å²) in [6.45, 7) is 0.839. The Balaban J connectivity index is 1.90. The van der Waals surface area contributed by atoms with Gasteiger partial charge in [-0.2, -0.15) is 0 Å². The molecule has 5 nitrogen and oxygen atoms in total. The predicted octanol–water partition coefficient (Wildman–Crippen LogP) is 2.91. The van der Waals surface area contributed by atoms with Crippen LogP contribution in [0.15, 0.2) is 54.7 Å². The van der Waals surface area contributed by atoms with Crippen LogP contribution in [0.1, 0.15) is 17.7 Å². The summed E-state index contributed by atoms with van der Waals surface area (Å²) in [6, 6.07) is 15.5. The normalized spacial score (nSPS) is 10.3. The third kappa shape index (κ3) is 6.97. The Kier molecular flexibility index (Phi) is 7.98. The lowest BCUT2D eigenvalue weighted by atomic mass is 10.2. The van der Waals surface area contributed by atoms with Crippen LogP contribution in [0.4, 0.5) is 0 Å². The average Bonchev–Trinajstić information content (AvgIpc) is 2.66. The quantitative estimate of drug-likeness (QED) is 0.645. The summed E-state index contributed by atoms with van der Waals surface area (Å²) in [5.74, 6) is 0.730. The maximum absolute atomic E-state index is 12.6. The molecule has 25 heavy (non-hydrogen) atoms. The smallest absolute Gasteiger partial charge is 0.307 e. The van der Waals surface area contributed by atoms with Gasteiger partial charge in [-0.15, -0.1) is 11.8 Å². The van der Waals surface area contributed by atoms with E-state index in [2.05, 4.69) is 9.72 Å². The minimum absolute atomic E-state index is 0.00804. The molecule has 0 atom stereocenters. The number of carbonyl (C=O) groups excluding carboxylic acids is 2. The molecule has 0 aliphatic rings. The van der Waals surface area contributed by atoms with Crippen molar-refractivity contribution in [2.75, 3.05) is 19.4 Å². The van der Waals surface area contributed by atoms with Crippen molar-refractivity contribution >= 4 is 23.6 Å². The zero-order chi connectivity index (χ0) is 17.9. The van der Waals surface area contributed by atoms with Gasteiger partial charge in [0.05, 0.1) is 25.0 Å². The summed E-state index contributed by atoms with van der Waals surface area (Å²) in [4.78, 5) is 29.9. The van der Waals surface area contributed by atoms with Crippen LogP contribution >= 0.6 is 11.8 Å². The van der Waals surface area contributed by atoms with Crippen LogP contribution in [0.3, 0.4) is 0 Å². The highest BCUT2D eigenvalue weighted by Gasteiger charge is 2.16. The molecule has 0 unspecified atom stereocenters. The zero-order valence-corrected chi connectivity index (χ0v) is 15.1. The molecule has 132 valence electrons. The van der Waals surface area contributed by atoms with Crippen LogP contribution in [0.25, 0.3) is 0 Å². The van der Waals surface area contributed by atoms with Crippen LogP contribution in [0, 0.1) is 0 Å². The Morgan fingerprint density at radius 3 is 2.56 bits per heavy atom. The van der Waals surface area contributed by atoms with Crippen LogP contribution in [0.5, 0.6) is 0 Å². The molecule has 6 heteroatoms. The van der Waals surface area contributed by atoms with E-state index in [-0.39, 0.29) is 18.3 Å². The number of amides is 1. The number of carbonyl (C=O) groups is 2. The molecule has 1 amide bonds. The SMILES string of the molecule is COC(=O)CCN(Cc1ccccc1)C(=O)CSCc1ccccn1. The number of benzene rings is 1. The standard InChI is InChI=1S/C19H22N2O3S/c1-24-19(23)10-12-21(13-16-7-3-2-4-8-16)18(22)15-25-14-17-9-5-6-11-20-17/h2-9,11H,10,12-15H2,1H3. The van der Waals surface area contributed by atoms with Gasteiger partial charge in [0.25, 0.3) is 0 Å². The first-order chi connectivity index (χ1) is 12.2. The highest BCUT2D eigenvalue weighted by Crippen LogP contribution is 2.13. The number of rotatable bonds is 9. The Bertz CT molecular complexity index is 665. The Morgan fingerprint density at radius 2 is 1.88 bits per heavy atom. The fourth-order valence-corrected chi connectivity index (χ4v) is 3.08. The number of thioether (sulfide) groups is 1. The number of hydrogen-bond acceptors (Lipinski definition) is 5. The summed E-state index contributed by atoms with van der Waals surface area (Å²) in [5, 5.41) is 0.